The van der Waals surface area contributed by atoms with E-state index in [1.54, 1.807) is 106 Å². The van der Waals surface area contributed by atoms with Gasteiger partial charge in [-0.15, -0.1) is 82.3 Å². The minimum Gasteiger partial charge on any atom is -0.454 e. The zero-order valence-corrected chi connectivity index (χ0v) is 34.6. The first-order valence-corrected chi connectivity index (χ1v) is 27.5. The second kappa shape index (κ2) is 40.4. The molecule has 0 amide bonds. The molecule has 2 N–H and O–H groups in total. The molecule has 20 heteroatoms. The maximum atomic E-state index is 12.2. The third-order valence-electron chi connectivity index (χ3n) is 4.16. The average Bonchev–Trinajstić information content (AvgIpc) is 3.02. The van der Waals surface area contributed by atoms with E-state index < -0.39 is 10.8 Å². The Balaban J connectivity index is 3.31. The van der Waals surface area contributed by atoms with Gasteiger partial charge in [-0.2, -0.15) is 35.3 Å². The third kappa shape index (κ3) is 39.4. The molecule has 262 valence electrons. The molecule has 0 aromatic rings. The van der Waals surface area contributed by atoms with Gasteiger partial charge >= 0.3 is 5.97 Å². The number of rotatable bonds is 36. The van der Waals surface area contributed by atoms with Crippen molar-refractivity contribution in [1.82, 2.24) is 0 Å². The Morgan fingerprint density at radius 3 is 1.89 bits per heavy atom. The summed E-state index contributed by atoms with van der Waals surface area (Å²) in [6.07, 6.45) is 0. The van der Waals surface area contributed by atoms with Gasteiger partial charge in [-0.05, 0) is 0 Å². The Morgan fingerprint density at radius 2 is 1.16 bits per heavy atom. The Kier molecular flexibility index (Phi) is 43.1. The summed E-state index contributed by atoms with van der Waals surface area (Å²) in [4.78, 5) is 33.9. The van der Waals surface area contributed by atoms with Gasteiger partial charge in [0.05, 0.1) is 36.4 Å². The highest BCUT2D eigenvalue weighted by Crippen LogP contribution is 2.18. The Bertz CT molecular complexity index is 673. The number of ether oxygens (including phenoxy) is 1. The van der Waals surface area contributed by atoms with Crippen LogP contribution in [0.5, 0.6) is 0 Å². The highest BCUT2D eigenvalue weighted by molar-refractivity contribution is 8.25. The van der Waals surface area contributed by atoms with E-state index in [1.165, 1.54) is 23.5 Å². The monoisotopic (exact) mass is 846 g/mol. The molecule has 8 nitrogen and oxygen atoms in total. The second-order valence-corrected chi connectivity index (χ2v) is 22.7. The molecule has 0 radical (unpaired) electrons. The summed E-state index contributed by atoms with van der Waals surface area (Å²) in [5, 5.41) is 20.7. The summed E-state index contributed by atoms with van der Waals surface area (Å²) in [5.74, 6) is 11.0. The van der Waals surface area contributed by atoms with Gasteiger partial charge in [-0.3, -0.25) is 13.8 Å². The number of aliphatic hydroxyl groups is 2. The molecule has 0 aromatic carbocycles. The summed E-state index contributed by atoms with van der Waals surface area (Å²) < 4.78 is 17.3. The molecule has 0 saturated carbocycles. The normalized spacial score (nSPS) is 12.0. The molecular weight excluding hydrogens is 801 g/mol. The maximum Gasteiger partial charge on any atom is 0.316 e. The highest BCUT2D eigenvalue weighted by atomic mass is 32.2. The predicted octanol–water partition coefficient (Wildman–Crippen LogP) is 5.55. The van der Waals surface area contributed by atoms with Crippen LogP contribution in [0.25, 0.3) is 0 Å². The van der Waals surface area contributed by atoms with Crippen molar-refractivity contribution in [2.45, 2.75) is 0 Å². The molecule has 0 heterocycles. The van der Waals surface area contributed by atoms with E-state index in [-0.39, 0.29) is 24.3 Å². The first-order valence-electron chi connectivity index (χ1n) is 13.5. The zero-order chi connectivity index (χ0) is 32.2. The molecule has 0 aliphatic rings. The van der Waals surface area contributed by atoms with Gasteiger partial charge in [0, 0.05) is 89.3 Å². The van der Waals surface area contributed by atoms with Crippen LogP contribution in [0.3, 0.4) is 0 Å². The fourth-order valence-electron chi connectivity index (χ4n) is 2.24. The molecule has 0 aromatic heterocycles. The van der Waals surface area contributed by atoms with E-state index >= 15 is 0 Å². The highest BCUT2D eigenvalue weighted by Gasteiger charge is 2.06. The van der Waals surface area contributed by atoms with Crippen LogP contribution < -0.4 is 0 Å². The smallest absolute Gasteiger partial charge is 0.316 e. The quantitative estimate of drug-likeness (QED) is 0.0270. The Hall–Kier alpha value is 2.98. The van der Waals surface area contributed by atoms with Crippen LogP contribution in [-0.4, -0.2) is 152 Å². The molecule has 0 aliphatic heterocycles. The van der Waals surface area contributed by atoms with Crippen molar-refractivity contribution in [3.8, 4) is 0 Å². The Labute approximate surface area is 313 Å². The van der Waals surface area contributed by atoms with Gasteiger partial charge in [0.25, 0.3) is 0 Å². The standard InChI is InChI=1S/C24H46O8S12/c25-1-4-37-19-41-17-30-23(27)15-35-9-8-34-13-14-44(29)22-40-12-11-39-21-43-24(28)16-36-10-7-33-6-3-31-32-18-42-20-38-5-2-26/h25-26H,1-22H2. The lowest BCUT2D eigenvalue weighted by Gasteiger charge is -2.05. The van der Waals surface area contributed by atoms with Crippen molar-refractivity contribution in [1.29, 1.82) is 0 Å². The molecule has 0 spiro atoms. The predicted molar refractivity (Wildman–Crippen MR) is 216 cm³/mol. The lowest BCUT2D eigenvalue weighted by atomic mass is 10.8. The molecule has 0 fully saturated rings. The Morgan fingerprint density at radius 1 is 0.568 bits per heavy atom. The lowest BCUT2D eigenvalue weighted by molar-refractivity contribution is -0.274. The summed E-state index contributed by atoms with van der Waals surface area (Å²) in [6, 6.07) is 0. The largest absolute Gasteiger partial charge is 0.454 e. The van der Waals surface area contributed by atoms with Crippen LogP contribution in [0, 0.1) is 0 Å². The zero-order valence-electron chi connectivity index (χ0n) is 24.8. The van der Waals surface area contributed by atoms with E-state index in [2.05, 4.69) is 0 Å². The van der Waals surface area contributed by atoms with Crippen LogP contribution in [0.2, 0.25) is 0 Å². The van der Waals surface area contributed by atoms with Gasteiger partial charge in [0.1, 0.15) is 11.9 Å². The molecule has 1 atom stereocenters. The van der Waals surface area contributed by atoms with Gasteiger partial charge in [0.15, 0.2) is 5.12 Å². The van der Waals surface area contributed by atoms with Crippen LogP contribution in [0.15, 0.2) is 0 Å². The van der Waals surface area contributed by atoms with Gasteiger partial charge in [-0.25, -0.2) is 9.78 Å². The maximum absolute atomic E-state index is 12.2. The van der Waals surface area contributed by atoms with Gasteiger partial charge in [-0.1, -0.05) is 11.8 Å². The molecule has 0 saturated heterocycles. The number of hydrogen-bond donors (Lipinski definition) is 2. The first kappa shape index (κ1) is 47.0. The average molecular weight is 847 g/mol. The van der Waals surface area contributed by atoms with Crippen LogP contribution >= 0.6 is 129 Å². The van der Waals surface area contributed by atoms with Crippen molar-refractivity contribution in [3.05, 3.63) is 0 Å². The lowest BCUT2D eigenvalue weighted by Crippen LogP contribution is -2.08. The molecule has 0 aliphatic carbocycles. The summed E-state index contributed by atoms with van der Waals surface area (Å²) in [5.41, 5.74) is 0. The fraction of sp³-hybridized carbons (Fsp3) is 0.917. The SMILES string of the molecule is O=C(CSCCSCCS(=O)CSCCSCSC(=O)CSCCSCCOOCSCSCCO)OCSCSCCO. The summed E-state index contributed by atoms with van der Waals surface area (Å²) >= 11 is 18.1. The number of hydrogen-bond acceptors (Lipinski definition) is 19. The molecule has 0 bridgehead atoms. The van der Waals surface area contributed by atoms with Crippen LogP contribution in [0.4, 0.5) is 0 Å². The van der Waals surface area contributed by atoms with Gasteiger partial charge in [0.2, 0.25) is 0 Å². The number of aliphatic hydroxyl groups excluding tert-OH is 2. The van der Waals surface area contributed by atoms with Crippen molar-refractivity contribution >= 4 is 151 Å². The van der Waals surface area contributed by atoms with Crippen LogP contribution in [-0.2, 0) is 34.9 Å². The number of esters is 1. The minimum absolute atomic E-state index is 0.171. The second-order valence-electron chi connectivity index (χ2n) is 7.64. The molecule has 1 unspecified atom stereocenters. The van der Waals surface area contributed by atoms with Crippen LogP contribution in [0.1, 0.15) is 0 Å². The fourth-order valence-corrected chi connectivity index (χ4v) is 14.2. The van der Waals surface area contributed by atoms with Crippen molar-refractivity contribution < 1.29 is 38.5 Å². The molecular formula is C24H46O8S12. The first-order chi connectivity index (χ1) is 21.6. The molecule has 0 rings (SSSR count). The van der Waals surface area contributed by atoms with Crippen molar-refractivity contribution in [3.63, 3.8) is 0 Å². The summed E-state index contributed by atoms with van der Waals surface area (Å²) in [6.45, 7) is 0.927. The van der Waals surface area contributed by atoms with Gasteiger partial charge < -0.3 is 14.9 Å². The third-order valence-corrected chi connectivity index (χ3v) is 18.3. The topological polar surface area (TPSA) is 119 Å². The molecule has 44 heavy (non-hydrogen) atoms. The van der Waals surface area contributed by atoms with E-state index in [9.17, 15) is 13.8 Å². The number of thioether (sulfide) groups is 11. The van der Waals surface area contributed by atoms with Crippen molar-refractivity contribution in [2.75, 3.05) is 127 Å². The van der Waals surface area contributed by atoms with E-state index in [1.807, 2.05) is 0 Å². The van der Waals surface area contributed by atoms with E-state index in [4.69, 9.17) is 24.7 Å². The minimum atomic E-state index is -0.818. The number of carbonyl (C=O) groups excluding carboxylic acids is 2. The summed E-state index contributed by atoms with van der Waals surface area (Å²) in [7, 11) is -0.818. The number of carbonyl (C=O) groups is 2. The van der Waals surface area contributed by atoms with E-state index in [0.717, 1.165) is 67.0 Å². The van der Waals surface area contributed by atoms with E-state index in [0.29, 0.717) is 46.6 Å². The van der Waals surface area contributed by atoms with Crippen molar-refractivity contribution in [2.24, 2.45) is 0 Å².